The van der Waals surface area contributed by atoms with Crippen LogP contribution in [-0.2, 0) is 13.0 Å². The van der Waals surface area contributed by atoms with Crippen molar-refractivity contribution in [3.8, 4) is 11.3 Å². The van der Waals surface area contributed by atoms with Crippen molar-refractivity contribution < 1.29 is 9.52 Å². The molecule has 0 fully saturated rings. The van der Waals surface area contributed by atoms with Gasteiger partial charge in [-0.15, -0.1) is 0 Å². The zero-order chi connectivity index (χ0) is 12.3. The van der Waals surface area contributed by atoms with Crippen LogP contribution in [0, 0.1) is 0 Å². The summed E-state index contributed by atoms with van der Waals surface area (Å²) in [6.07, 6.45) is 0.546. The van der Waals surface area contributed by atoms with E-state index in [0.29, 0.717) is 24.4 Å². The van der Waals surface area contributed by atoms with Crippen molar-refractivity contribution in [2.45, 2.75) is 13.0 Å². The molecule has 4 nitrogen and oxygen atoms in total. The molecular formula is C13H16N2O2. The Kier molecular flexibility index (Phi) is 3.46. The van der Waals surface area contributed by atoms with Gasteiger partial charge in [-0.3, -0.25) is 0 Å². The highest BCUT2D eigenvalue weighted by Gasteiger charge is 2.10. The van der Waals surface area contributed by atoms with E-state index in [1.54, 1.807) is 0 Å². The molecule has 0 aliphatic rings. The van der Waals surface area contributed by atoms with Gasteiger partial charge in [0.05, 0.1) is 6.54 Å². The summed E-state index contributed by atoms with van der Waals surface area (Å²) in [5.74, 6) is 1.44. The molecule has 0 saturated carbocycles. The molecule has 0 aliphatic heterocycles. The van der Waals surface area contributed by atoms with Crippen LogP contribution in [0.1, 0.15) is 11.3 Å². The Hall–Kier alpha value is -1.78. The van der Waals surface area contributed by atoms with Crippen molar-refractivity contribution >= 4 is 5.69 Å². The number of nitrogens with two attached hydrogens (primary N) is 2. The van der Waals surface area contributed by atoms with Crippen LogP contribution in [0.15, 0.2) is 34.7 Å². The summed E-state index contributed by atoms with van der Waals surface area (Å²) < 4.78 is 5.57. The van der Waals surface area contributed by atoms with Crippen LogP contribution >= 0.6 is 0 Å². The lowest BCUT2D eigenvalue weighted by molar-refractivity contribution is 0.300. The quantitative estimate of drug-likeness (QED) is 0.698. The van der Waals surface area contributed by atoms with E-state index in [4.69, 9.17) is 21.0 Å². The van der Waals surface area contributed by atoms with Crippen molar-refractivity contribution in [3.05, 3.63) is 41.7 Å². The van der Waals surface area contributed by atoms with Crippen molar-refractivity contribution in [1.29, 1.82) is 0 Å². The lowest BCUT2D eigenvalue weighted by atomic mass is 10.0. The summed E-state index contributed by atoms with van der Waals surface area (Å²) in [5, 5.41) is 8.95. The molecule has 0 atom stereocenters. The van der Waals surface area contributed by atoms with Crippen molar-refractivity contribution in [3.63, 3.8) is 0 Å². The van der Waals surface area contributed by atoms with Gasteiger partial charge < -0.3 is 21.0 Å². The highest BCUT2D eigenvalue weighted by atomic mass is 16.3. The number of benzene rings is 1. The molecule has 1 aromatic heterocycles. The number of hydrogen-bond donors (Lipinski definition) is 3. The molecule has 0 unspecified atom stereocenters. The summed E-state index contributed by atoms with van der Waals surface area (Å²) in [6, 6.07) is 9.41. The minimum atomic E-state index is 0.0832. The summed E-state index contributed by atoms with van der Waals surface area (Å²) >= 11 is 0. The van der Waals surface area contributed by atoms with Crippen LogP contribution in [0.3, 0.4) is 0 Å². The maximum atomic E-state index is 8.95. The van der Waals surface area contributed by atoms with Crippen LogP contribution < -0.4 is 11.5 Å². The first-order valence-electron chi connectivity index (χ1n) is 5.53. The van der Waals surface area contributed by atoms with E-state index in [0.717, 1.165) is 16.9 Å². The molecule has 2 aromatic rings. The highest BCUT2D eigenvalue weighted by molar-refractivity contribution is 5.75. The second-order valence-electron chi connectivity index (χ2n) is 3.82. The Labute approximate surface area is 99.9 Å². The van der Waals surface area contributed by atoms with Crippen molar-refractivity contribution in [2.24, 2.45) is 5.73 Å². The number of anilines is 1. The Morgan fingerprint density at radius 1 is 1.18 bits per heavy atom. The fourth-order valence-electron chi connectivity index (χ4n) is 1.80. The summed E-state index contributed by atoms with van der Waals surface area (Å²) in [7, 11) is 0. The Bertz CT molecular complexity index is 506. The summed E-state index contributed by atoms with van der Waals surface area (Å²) in [6.45, 7) is 0.454. The number of hydrogen-bond acceptors (Lipinski definition) is 4. The number of aliphatic hydroxyl groups excluding tert-OH is 1. The third-order valence-electron chi connectivity index (χ3n) is 2.71. The lowest BCUT2D eigenvalue weighted by Gasteiger charge is -2.08. The number of furan rings is 1. The molecule has 0 spiro atoms. The Morgan fingerprint density at radius 3 is 2.65 bits per heavy atom. The topological polar surface area (TPSA) is 85.4 Å². The summed E-state index contributed by atoms with van der Waals surface area (Å²) in [5.41, 5.74) is 14.0. The second-order valence-corrected chi connectivity index (χ2v) is 3.82. The Balaban J connectivity index is 2.41. The van der Waals surface area contributed by atoms with E-state index in [1.807, 2.05) is 30.3 Å². The number of nitrogen functional groups attached to an aromatic ring is 1. The standard InChI is InChI=1S/C13H16N2O2/c14-8-10-4-5-12(17-10)11-3-1-2-9(6-7-16)13(11)15/h1-5,16H,6-8,14-15H2. The minimum absolute atomic E-state index is 0.0832. The van der Waals surface area contributed by atoms with Gasteiger partial charge in [-0.1, -0.05) is 12.1 Å². The average molecular weight is 232 g/mol. The molecule has 0 saturated heterocycles. The summed E-state index contributed by atoms with van der Waals surface area (Å²) in [4.78, 5) is 0. The maximum absolute atomic E-state index is 8.95. The van der Waals surface area contributed by atoms with Crippen molar-refractivity contribution in [1.82, 2.24) is 0 Å². The number of rotatable bonds is 4. The maximum Gasteiger partial charge on any atom is 0.136 e. The zero-order valence-electron chi connectivity index (χ0n) is 9.52. The molecule has 1 aromatic carbocycles. The third-order valence-corrected chi connectivity index (χ3v) is 2.71. The van der Waals surface area contributed by atoms with Crippen LogP contribution in [-0.4, -0.2) is 11.7 Å². The van der Waals surface area contributed by atoms with Gasteiger partial charge in [0, 0.05) is 17.9 Å². The SMILES string of the molecule is NCc1ccc(-c2cccc(CCO)c2N)o1. The minimum Gasteiger partial charge on any atom is -0.460 e. The van der Waals surface area contributed by atoms with Crippen LogP contribution in [0.4, 0.5) is 5.69 Å². The molecule has 5 N–H and O–H groups in total. The average Bonchev–Trinajstić information content (AvgIpc) is 2.80. The van der Waals surface area contributed by atoms with Gasteiger partial charge in [0.15, 0.2) is 0 Å². The normalized spacial score (nSPS) is 10.7. The highest BCUT2D eigenvalue weighted by Crippen LogP contribution is 2.30. The van der Waals surface area contributed by atoms with Gasteiger partial charge in [-0.05, 0) is 30.2 Å². The molecule has 2 rings (SSSR count). The van der Waals surface area contributed by atoms with Gasteiger partial charge in [0.1, 0.15) is 11.5 Å². The largest absolute Gasteiger partial charge is 0.460 e. The van der Waals surface area contributed by atoms with E-state index < -0.39 is 0 Å². The molecule has 1 heterocycles. The Morgan fingerprint density at radius 2 is 2.00 bits per heavy atom. The molecule has 17 heavy (non-hydrogen) atoms. The van der Waals surface area contributed by atoms with Crippen LogP contribution in [0.25, 0.3) is 11.3 Å². The third kappa shape index (κ3) is 2.33. The molecule has 4 heteroatoms. The zero-order valence-corrected chi connectivity index (χ0v) is 9.52. The van der Waals surface area contributed by atoms with Gasteiger partial charge in [0.2, 0.25) is 0 Å². The lowest BCUT2D eigenvalue weighted by Crippen LogP contribution is -1.99. The van der Waals surface area contributed by atoms with E-state index in [9.17, 15) is 0 Å². The molecular weight excluding hydrogens is 216 g/mol. The molecule has 0 radical (unpaired) electrons. The van der Waals surface area contributed by atoms with E-state index in [-0.39, 0.29) is 6.61 Å². The molecule has 0 amide bonds. The second kappa shape index (κ2) is 5.03. The first kappa shape index (κ1) is 11.7. The monoisotopic (exact) mass is 232 g/mol. The van der Waals surface area contributed by atoms with Crippen LogP contribution in [0.5, 0.6) is 0 Å². The van der Waals surface area contributed by atoms with E-state index >= 15 is 0 Å². The molecule has 0 aliphatic carbocycles. The van der Waals surface area contributed by atoms with Gasteiger partial charge in [-0.2, -0.15) is 0 Å². The van der Waals surface area contributed by atoms with Crippen molar-refractivity contribution in [2.75, 3.05) is 12.3 Å². The van der Waals surface area contributed by atoms with E-state index in [1.165, 1.54) is 0 Å². The predicted octanol–water partition coefficient (Wildman–Crippen LogP) is 1.52. The number of para-hydroxylation sites is 1. The van der Waals surface area contributed by atoms with Gasteiger partial charge in [-0.25, -0.2) is 0 Å². The first-order valence-corrected chi connectivity index (χ1v) is 5.53. The number of aliphatic hydroxyl groups is 1. The fraction of sp³-hybridized carbons (Fsp3) is 0.231. The van der Waals surface area contributed by atoms with E-state index in [2.05, 4.69) is 0 Å². The smallest absolute Gasteiger partial charge is 0.136 e. The molecule has 90 valence electrons. The first-order chi connectivity index (χ1) is 8.26. The van der Waals surface area contributed by atoms with Gasteiger partial charge in [0.25, 0.3) is 0 Å². The fourth-order valence-corrected chi connectivity index (χ4v) is 1.80. The predicted molar refractivity (Wildman–Crippen MR) is 67.2 cm³/mol. The van der Waals surface area contributed by atoms with Crippen LogP contribution in [0.2, 0.25) is 0 Å². The molecule has 0 bridgehead atoms. The van der Waals surface area contributed by atoms with Gasteiger partial charge >= 0.3 is 0 Å².